The minimum absolute atomic E-state index is 0.0232. The number of hydrogen-bond donors (Lipinski definition) is 1. The molecule has 3 rings (SSSR count). The summed E-state index contributed by atoms with van der Waals surface area (Å²) in [6.07, 6.45) is 1.67. The highest BCUT2D eigenvalue weighted by molar-refractivity contribution is 5.90. The maximum atomic E-state index is 12.2. The van der Waals surface area contributed by atoms with Crippen molar-refractivity contribution in [3.05, 3.63) is 68.8 Å². The molecule has 0 aliphatic carbocycles. The van der Waals surface area contributed by atoms with Crippen LogP contribution in [-0.2, 0) is 16.0 Å². The van der Waals surface area contributed by atoms with Gasteiger partial charge in [0, 0.05) is 36.5 Å². The van der Waals surface area contributed by atoms with E-state index >= 15 is 0 Å². The number of non-ortho nitro benzene ring substituents is 1. The van der Waals surface area contributed by atoms with Crippen molar-refractivity contribution in [3.63, 3.8) is 0 Å². The molecule has 1 aliphatic rings. The molecule has 1 fully saturated rings. The molecular weight excluding hydrogens is 372 g/mol. The molecule has 1 heterocycles. The Morgan fingerprint density at radius 1 is 1.21 bits per heavy atom. The minimum atomic E-state index is -0.446. The first-order valence-corrected chi connectivity index (χ1v) is 9.43. The maximum Gasteiger partial charge on any atom is 0.270 e. The molecule has 2 aromatic rings. The second-order valence-corrected chi connectivity index (χ2v) is 6.99. The number of aryl methyl sites for hydroxylation is 2. The number of nitro groups is 1. The third-order valence-electron chi connectivity index (χ3n) is 4.90. The molecule has 1 N–H and O–H groups in total. The summed E-state index contributed by atoms with van der Waals surface area (Å²) in [5, 5.41) is 15.2. The summed E-state index contributed by atoms with van der Waals surface area (Å²) in [6.45, 7) is 6.61. The largest absolute Gasteiger partial charge is 0.378 e. The van der Waals surface area contributed by atoms with Crippen LogP contribution in [0, 0.1) is 24.0 Å². The Bertz CT molecular complexity index is 936. The van der Waals surface area contributed by atoms with E-state index in [2.05, 4.69) is 15.4 Å². The molecule has 0 unspecified atom stereocenters. The fraction of sp³-hybridized carbons (Fsp3) is 0.333. The molecule has 1 aliphatic heterocycles. The third kappa shape index (κ3) is 5.39. The molecule has 8 heteroatoms. The quantitative estimate of drug-likeness (QED) is 0.460. The number of hydrogen-bond acceptors (Lipinski definition) is 6. The Labute approximate surface area is 169 Å². The minimum Gasteiger partial charge on any atom is -0.378 e. The van der Waals surface area contributed by atoms with Crippen LogP contribution in [0.2, 0.25) is 0 Å². The van der Waals surface area contributed by atoms with Crippen molar-refractivity contribution in [2.24, 2.45) is 5.10 Å². The maximum absolute atomic E-state index is 12.2. The van der Waals surface area contributed by atoms with Gasteiger partial charge in [0.15, 0.2) is 0 Å². The number of anilines is 1. The molecule has 1 amide bonds. The molecule has 0 radical (unpaired) electrons. The molecule has 1 saturated heterocycles. The van der Waals surface area contributed by atoms with E-state index in [-0.39, 0.29) is 18.0 Å². The number of nitro benzene ring substituents is 1. The second kappa shape index (κ2) is 9.29. The molecule has 0 saturated carbocycles. The van der Waals surface area contributed by atoms with Crippen LogP contribution >= 0.6 is 0 Å². The van der Waals surface area contributed by atoms with Gasteiger partial charge < -0.3 is 9.64 Å². The van der Waals surface area contributed by atoms with Gasteiger partial charge in [-0.25, -0.2) is 5.43 Å². The van der Waals surface area contributed by atoms with E-state index in [9.17, 15) is 14.9 Å². The predicted octanol–water partition coefficient (Wildman–Crippen LogP) is 2.74. The molecular formula is C21H24N4O4. The summed E-state index contributed by atoms with van der Waals surface area (Å²) in [5.41, 5.74) is 7.10. The summed E-state index contributed by atoms with van der Waals surface area (Å²) in [6, 6.07) is 10.5. The van der Waals surface area contributed by atoms with Gasteiger partial charge in [-0.2, -0.15) is 5.10 Å². The number of rotatable bonds is 6. The average Bonchev–Trinajstić information content (AvgIpc) is 2.71. The fourth-order valence-electron chi connectivity index (χ4n) is 3.16. The number of nitrogens with zero attached hydrogens (tertiary/aromatic N) is 3. The number of amides is 1. The molecule has 0 aromatic heterocycles. The topological polar surface area (TPSA) is 97.1 Å². The summed E-state index contributed by atoms with van der Waals surface area (Å²) >= 11 is 0. The van der Waals surface area contributed by atoms with E-state index in [0.717, 1.165) is 16.8 Å². The highest BCUT2D eigenvalue weighted by atomic mass is 16.6. The van der Waals surface area contributed by atoms with Gasteiger partial charge in [-0.3, -0.25) is 14.9 Å². The van der Waals surface area contributed by atoms with Crippen LogP contribution in [0.25, 0.3) is 0 Å². The summed E-state index contributed by atoms with van der Waals surface area (Å²) in [7, 11) is 0. The Morgan fingerprint density at radius 3 is 2.66 bits per heavy atom. The van der Waals surface area contributed by atoms with Crippen LogP contribution < -0.4 is 10.3 Å². The standard InChI is InChI=1S/C21H24N4O4/c1-15-3-4-17(11-16(15)2)12-21(26)23-22-14-18-13-19(25(27)28)5-6-20(18)24-7-9-29-10-8-24/h3-6,11,13-14H,7-10,12H2,1-2H3,(H,23,26)/b22-14-. The van der Waals surface area contributed by atoms with Crippen molar-refractivity contribution < 1.29 is 14.5 Å². The highest BCUT2D eigenvalue weighted by Gasteiger charge is 2.17. The second-order valence-electron chi connectivity index (χ2n) is 6.99. The number of carbonyl (C=O) groups excluding carboxylic acids is 1. The first kappa shape index (κ1) is 20.5. The van der Waals surface area contributed by atoms with Crippen molar-refractivity contribution in [1.29, 1.82) is 0 Å². The van der Waals surface area contributed by atoms with Gasteiger partial charge in [0.1, 0.15) is 0 Å². The Balaban J connectivity index is 1.72. The average molecular weight is 396 g/mol. The van der Waals surface area contributed by atoms with Gasteiger partial charge in [-0.05, 0) is 36.6 Å². The number of morpholine rings is 1. The normalized spacial score (nSPS) is 14.2. The zero-order valence-electron chi connectivity index (χ0n) is 16.6. The van der Waals surface area contributed by atoms with Crippen LogP contribution in [0.15, 0.2) is 41.5 Å². The van der Waals surface area contributed by atoms with Crippen LogP contribution in [0.3, 0.4) is 0 Å². The molecule has 0 atom stereocenters. The van der Waals surface area contributed by atoms with Gasteiger partial charge >= 0.3 is 0 Å². The lowest BCUT2D eigenvalue weighted by atomic mass is 10.0. The van der Waals surface area contributed by atoms with Gasteiger partial charge in [0.25, 0.3) is 5.69 Å². The van der Waals surface area contributed by atoms with Gasteiger partial charge in [0.2, 0.25) is 5.91 Å². The van der Waals surface area contributed by atoms with E-state index in [1.165, 1.54) is 23.9 Å². The van der Waals surface area contributed by atoms with E-state index in [1.54, 1.807) is 6.07 Å². The van der Waals surface area contributed by atoms with E-state index < -0.39 is 4.92 Å². The van der Waals surface area contributed by atoms with Crippen molar-refractivity contribution in [1.82, 2.24) is 5.43 Å². The lowest BCUT2D eigenvalue weighted by Gasteiger charge is -2.29. The third-order valence-corrected chi connectivity index (χ3v) is 4.90. The SMILES string of the molecule is Cc1ccc(CC(=O)N/N=C\c2cc([N+](=O)[O-])ccc2N2CCOCC2)cc1C. The number of carbonyl (C=O) groups is 1. The molecule has 0 bridgehead atoms. The predicted molar refractivity (Wildman–Crippen MR) is 111 cm³/mol. The van der Waals surface area contributed by atoms with Crippen molar-refractivity contribution in [3.8, 4) is 0 Å². The van der Waals surface area contributed by atoms with Crippen LogP contribution in [0.5, 0.6) is 0 Å². The summed E-state index contributed by atoms with van der Waals surface area (Å²) in [4.78, 5) is 25.0. The molecule has 2 aromatic carbocycles. The molecule has 152 valence electrons. The van der Waals surface area contributed by atoms with Gasteiger partial charge in [0.05, 0.1) is 30.8 Å². The highest BCUT2D eigenvalue weighted by Crippen LogP contribution is 2.25. The number of ether oxygens (including phenoxy) is 1. The van der Waals surface area contributed by atoms with Crippen molar-refractivity contribution >= 4 is 23.5 Å². The first-order chi connectivity index (χ1) is 13.9. The van der Waals surface area contributed by atoms with Crippen LogP contribution in [0.4, 0.5) is 11.4 Å². The zero-order valence-corrected chi connectivity index (χ0v) is 16.6. The Morgan fingerprint density at radius 2 is 1.97 bits per heavy atom. The van der Waals surface area contributed by atoms with E-state index in [1.807, 2.05) is 32.0 Å². The number of nitrogens with one attached hydrogen (secondary N) is 1. The lowest BCUT2D eigenvalue weighted by molar-refractivity contribution is -0.384. The Hall–Kier alpha value is -3.26. The Kier molecular flexibility index (Phi) is 6.56. The van der Waals surface area contributed by atoms with Gasteiger partial charge in [-0.15, -0.1) is 0 Å². The van der Waals surface area contributed by atoms with Crippen LogP contribution in [0.1, 0.15) is 22.3 Å². The zero-order chi connectivity index (χ0) is 20.8. The smallest absolute Gasteiger partial charge is 0.270 e. The molecule has 8 nitrogen and oxygen atoms in total. The molecule has 29 heavy (non-hydrogen) atoms. The van der Waals surface area contributed by atoms with Crippen LogP contribution in [-0.4, -0.2) is 43.3 Å². The van der Waals surface area contributed by atoms with Crippen molar-refractivity contribution in [2.75, 3.05) is 31.2 Å². The number of benzene rings is 2. The monoisotopic (exact) mass is 396 g/mol. The lowest BCUT2D eigenvalue weighted by Crippen LogP contribution is -2.36. The summed E-state index contributed by atoms with van der Waals surface area (Å²) < 4.78 is 5.37. The molecule has 0 spiro atoms. The summed E-state index contributed by atoms with van der Waals surface area (Å²) in [5.74, 6) is -0.247. The number of hydrazone groups is 1. The fourth-order valence-corrected chi connectivity index (χ4v) is 3.16. The first-order valence-electron chi connectivity index (χ1n) is 9.43. The van der Waals surface area contributed by atoms with Crippen molar-refractivity contribution in [2.45, 2.75) is 20.3 Å². The van der Waals surface area contributed by atoms with E-state index in [4.69, 9.17) is 4.74 Å². The van der Waals surface area contributed by atoms with E-state index in [0.29, 0.717) is 31.9 Å². The van der Waals surface area contributed by atoms with Gasteiger partial charge in [-0.1, -0.05) is 18.2 Å².